The first kappa shape index (κ1) is 10.4. The van der Waals surface area contributed by atoms with Gasteiger partial charge in [0.05, 0.1) is 11.1 Å². The number of hydrogen-bond donors (Lipinski definition) is 1. The van der Waals surface area contributed by atoms with E-state index >= 15 is 0 Å². The number of halogens is 3. The highest BCUT2D eigenvalue weighted by atomic mass is 35.5. The lowest BCUT2D eigenvalue weighted by Gasteiger charge is -2.11. The van der Waals surface area contributed by atoms with Gasteiger partial charge in [0.15, 0.2) is 0 Å². The molecule has 0 amide bonds. The second kappa shape index (κ2) is 4.03. The van der Waals surface area contributed by atoms with Crippen LogP contribution in [0.4, 0.5) is 8.78 Å². The molecule has 1 N–H and O–H groups in total. The molecular formula is C9H9ClF2O. The second-order valence-electron chi connectivity index (χ2n) is 2.71. The van der Waals surface area contributed by atoms with E-state index in [2.05, 4.69) is 0 Å². The summed E-state index contributed by atoms with van der Waals surface area (Å²) in [5, 5.41) is 9.26. The molecule has 1 nitrogen and oxygen atoms in total. The Kier molecular flexibility index (Phi) is 3.22. The molecule has 0 aromatic heterocycles. The molecule has 0 saturated heterocycles. The molecular weight excluding hydrogens is 198 g/mol. The Bertz CT molecular complexity index is 291. The van der Waals surface area contributed by atoms with E-state index < -0.39 is 17.7 Å². The van der Waals surface area contributed by atoms with Crippen LogP contribution in [0.3, 0.4) is 0 Å². The highest BCUT2D eigenvalue weighted by molar-refractivity contribution is 6.31. The van der Waals surface area contributed by atoms with Crippen LogP contribution in [-0.2, 0) is 0 Å². The maximum Gasteiger partial charge on any atom is 0.133 e. The van der Waals surface area contributed by atoms with Crippen LogP contribution in [0, 0.1) is 11.6 Å². The van der Waals surface area contributed by atoms with Gasteiger partial charge < -0.3 is 5.11 Å². The van der Waals surface area contributed by atoms with Gasteiger partial charge in [-0.1, -0.05) is 18.5 Å². The van der Waals surface area contributed by atoms with Gasteiger partial charge in [0.2, 0.25) is 0 Å². The molecule has 1 unspecified atom stereocenters. The van der Waals surface area contributed by atoms with Crippen molar-refractivity contribution in [3.05, 3.63) is 34.4 Å². The minimum atomic E-state index is -0.979. The van der Waals surface area contributed by atoms with Crippen molar-refractivity contribution in [1.82, 2.24) is 0 Å². The molecule has 1 rings (SSSR count). The first-order valence-corrected chi connectivity index (χ1v) is 4.26. The lowest BCUT2D eigenvalue weighted by molar-refractivity contribution is 0.169. The molecule has 0 bridgehead atoms. The predicted molar refractivity (Wildman–Crippen MR) is 46.6 cm³/mol. The molecule has 0 aliphatic heterocycles. The van der Waals surface area contributed by atoms with Crippen molar-refractivity contribution in [3.63, 3.8) is 0 Å². The normalized spacial score (nSPS) is 13.0. The van der Waals surface area contributed by atoms with Gasteiger partial charge >= 0.3 is 0 Å². The molecule has 0 aliphatic carbocycles. The van der Waals surface area contributed by atoms with Crippen molar-refractivity contribution < 1.29 is 13.9 Å². The van der Waals surface area contributed by atoms with Gasteiger partial charge in [0.1, 0.15) is 11.6 Å². The van der Waals surface area contributed by atoms with Gasteiger partial charge in [-0.15, -0.1) is 0 Å². The zero-order valence-corrected chi connectivity index (χ0v) is 7.78. The molecule has 0 saturated carbocycles. The summed E-state index contributed by atoms with van der Waals surface area (Å²) >= 11 is 5.57. The third-order valence-corrected chi connectivity index (χ3v) is 2.08. The standard InChI is InChI=1S/C9H9ClF2O/c1-2-8(13)9-6(10)3-5(11)4-7(9)12/h3-4,8,13H,2H2,1H3. The Hall–Kier alpha value is -0.670. The summed E-state index contributed by atoms with van der Waals surface area (Å²) in [7, 11) is 0. The minimum Gasteiger partial charge on any atom is -0.388 e. The molecule has 4 heteroatoms. The Morgan fingerprint density at radius 3 is 2.54 bits per heavy atom. The van der Waals surface area contributed by atoms with Gasteiger partial charge in [-0.25, -0.2) is 8.78 Å². The maximum absolute atomic E-state index is 13.1. The summed E-state index contributed by atoms with van der Waals surface area (Å²) in [5.74, 6) is -1.55. The number of rotatable bonds is 2. The van der Waals surface area contributed by atoms with Crippen LogP contribution in [0.5, 0.6) is 0 Å². The number of aliphatic hydroxyl groups excluding tert-OH is 1. The Labute approximate surface area is 80.0 Å². The fraction of sp³-hybridized carbons (Fsp3) is 0.333. The topological polar surface area (TPSA) is 20.2 Å². The first-order valence-electron chi connectivity index (χ1n) is 3.88. The van der Waals surface area contributed by atoms with Crippen LogP contribution in [0.2, 0.25) is 5.02 Å². The van der Waals surface area contributed by atoms with Crippen molar-refractivity contribution in [2.45, 2.75) is 19.4 Å². The lowest BCUT2D eigenvalue weighted by atomic mass is 10.1. The van der Waals surface area contributed by atoms with E-state index in [1.54, 1.807) is 6.92 Å². The molecule has 13 heavy (non-hydrogen) atoms. The van der Waals surface area contributed by atoms with Gasteiger partial charge in [-0.05, 0) is 12.5 Å². The van der Waals surface area contributed by atoms with Crippen LogP contribution in [0.25, 0.3) is 0 Å². The Morgan fingerprint density at radius 1 is 1.46 bits per heavy atom. The SMILES string of the molecule is CCC(O)c1c(F)cc(F)cc1Cl. The van der Waals surface area contributed by atoms with Gasteiger partial charge in [0.25, 0.3) is 0 Å². The van der Waals surface area contributed by atoms with E-state index in [1.807, 2.05) is 0 Å². The molecule has 0 aliphatic rings. The monoisotopic (exact) mass is 206 g/mol. The summed E-state index contributed by atoms with van der Waals surface area (Å²) in [6.45, 7) is 1.68. The number of hydrogen-bond acceptors (Lipinski definition) is 1. The van der Waals surface area contributed by atoms with Crippen LogP contribution in [0.1, 0.15) is 25.0 Å². The van der Waals surface area contributed by atoms with E-state index in [-0.39, 0.29) is 10.6 Å². The van der Waals surface area contributed by atoms with Crippen molar-refractivity contribution >= 4 is 11.6 Å². The van der Waals surface area contributed by atoms with Crippen LogP contribution in [-0.4, -0.2) is 5.11 Å². The fourth-order valence-corrected chi connectivity index (χ4v) is 1.40. The predicted octanol–water partition coefficient (Wildman–Crippen LogP) is 3.06. The molecule has 0 radical (unpaired) electrons. The molecule has 72 valence electrons. The first-order chi connectivity index (χ1) is 6.06. The summed E-state index contributed by atoms with van der Waals surface area (Å²) < 4.78 is 25.6. The van der Waals surface area contributed by atoms with Crippen molar-refractivity contribution in [2.75, 3.05) is 0 Å². The van der Waals surface area contributed by atoms with Crippen molar-refractivity contribution in [1.29, 1.82) is 0 Å². The van der Waals surface area contributed by atoms with Crippen LogP contribution >= 0.6 is 11.6 Å². The molecule has 0 spiro atoms. The molecule has 1 aromatic carbocycles. The summed E-state index contributed by atoms with van der Waals surface area (Å²) in [5.41, 5.74) is -0.0365. The van der Waals surface area contributed by atoms with Crippen molar-refractivity contribution in [2.24, 2.45) is 0 Å². The van der Waals surface area contributed by atoms with Crippen LogP contribution in [0.15, 0.2) is 12.1 Å². The highest BCUT2D eigenvalue weighted by Gasteiger charge is 2.16. The number of benzene rings is 1. The van der Waals surface area contributed by atoms with E-state index in [4.69, 9.17) is 11.6 Å². The van der Waals surface area contributed by atoms with Gasteiger partial charge in [-0.3, -0.25) is 0 Å². The fourth-order valence-electron chi connectivity index (χ4n) is 1.08. The zero-order chi connectivity index (χ0) is 10.0. The number of aliphatic hydroxyl groups is 1. The quantitative estimate of drug-likeness (QED) is 0.789. The van der Waals surface area contributed by atoms with E-state index in [0.29, 0.717) is 12.5 Å². The minimum absolute atomic E-state index is 0.0365. The van der Waals surface area contributed by atoms with Gasteiger partial charge in [0, 0.05) is 11.6 Å². The van der Waals surface area contributed by atoms with Crippen LogP contribution < -0.4 is 0 Å². The molecule has 1 aromatic rings. The third-order valence-electron chi connectivity index (χ3n) is 1.76. The average Bonchev–Trinajstić information content (AvgIpc) is 2.02. The Balaban J connectivity index is 3.20. The third kappa shape index (κ3) is 2.17. The van der Waals surface area contributed by atoms with E-state index in [9.17, 15) is 13.9 Å². The smallest absolute Gasteiger partial charge is 0.133 e. The second-order valence-corrected chi connectivity index (χ2v) is 3.11. The maximum atomic E-state index is 13.1. The van der Waals surface area contributed by atoms with Gasteiger partial charge in [-0.2, -0.15) is 0 Å². The van der Waals surface area contributed by atoms with E-state index in [1.165, 1.54) is 0 Å². The zero-order valence-electron chi connectivity index (χ0n) is 7.02. The molecule has 0 fully saturated rings. The van der Waals surface area contributed by atoms with Crippen molar-refractivity contribution in [3.8, 4) is 0 Å². The van der Waals surface area contributed by atoms with E-state index in [0.717, 1.165) is 6.07 Å². The lowest BCUT2D eigenvalue weighted by Crippen LogP contribution is -2.01. The highest BCUT2D eigenvalue weighted by Crippen LogP contribution is 2.28. The summed E-state index contributed by atoms with van der Waals surface area (Å²) in [6, 6.07) is 1.69. The average molecular weight is 207 g/mol. The summed E-state index contributed by atoms with van der Waals surface area (Å²) in [6.07, 6.45) is -0.643. The molecule has 1 atom stereocenters. The summed E-state index contributed by atoms with van der Waals surface area (Å²) in [4.78, 5) is 0. The molecule has 0 heterocycles. The Morgan fingerprint density at radius 2 is 2.08 bits per heavy atom. The largest absolute Gasteiger partial charge is 0.388 e.